The molecule has 0 aromatic carbocycles. The van der Waals surface area contributed by atoms with Crippen molar-refractivity contribution in [3.63, 3.8) is 0 Å². The minimum absolute atomic E-state index is 0.149. The average Bonchev–Trinajstić information content (AvgIpc) is 2.64. The summed E-state index contributed by atoms with van der Waals surface area (Å²) in [4.78, 5) is 0. The summed E-state index contributed by atoms with van der Waals surface area (Å²) < 4.78 is 27.0. The molecule has 1 rings (SSSR count). The molecule has 1 atom stereocenters. The summed E-state index contributed by atoms with van der Waals surface area (Å²) in [6.07, 6.45) is 4.14. The van der Waals surface area contributed by atoms with Gasteiger partial charge in [0.2, 0.25) is 0 Å². The van der Waals surface area contributed by atoms with E-state index in [4.69, 9.17) is 9.29 Å². The third-order valence-electron chi connectivity index (χ3n) is 2.48. The molecule has 0 unspecified atom stereocenters. The van der Waals surface area contributed by atoms with E-state index < -0.39 is 15.7 Å². The van der Waals surface area contributed by atoms with Gasteiger partial charge in [0.05, 0.1) is 11.9 Å². The lowest BCUT2D eigenvalue weighted by atomic mass is 9.99. The minimum atomic E-state index is -3.34. The lowest BCUT2D eigenvalue weighted by Gasteiger charge is -2.18. The molecule has 1 saturated carbocycles. The lowest BCUT2D eigenvalue weighted by molar-refractivity contribution is 0.146. The highest BCUT2D eigenvalue weighted by atomic mass is 32.2. The van der Waals surface area contributed by atoms with Crippen molar-refractivity contribution < 1.29 is 17.7 Å². The first-order chi connectivity index (χ1) is 6.37. The smallest absolute Gasteiger partial charge is 0.264 e. The van der Waals surface area contributed by atoms with Crippen LogP contribution in [0.25, 0.3) is 0 Å². The maximum absolute atomic E-state index is 11.0. The highest BCUT2D eigenvalue weighted by Gasteiger charge is 2.47. The van der Waals surface area contributed by atoms with E-state index in [0.717, 1.165) is 25.5 Å². The van der Waals surface area contributed by atoms with Crippen molar-refractivity contribution in [2.45, 2.75) is 38.2 Å². The molecule has 5 heteroatoms. The molecule has 0 heterocycles. The van der Waals surface area contributed by atoms with E-state index in [2.05, 4.69) is 0 Å². The van der Waals surface area contributed by atoms with Crippen LogP contribution in [0, 0.1) is 5.92 Å². The Bertz CT molecular complexity index is 279. The van der Waals surface area contributed by atoms with Gasteiger partial charge in [-0.3, -0.25) is 4.18 Å². The second-order valence-corrected chi connectivity index (χ2v) is 5.87. The zero-order valence-corrected chi connectivity index (χ0v) is 9.51. The second-order valence-electron chi connectivity index (χ2n) is 4.29. The van der Waals surface area contributed by atoms with Crippen LogP contribution in [0.5, 0.6) is 0 Å². The molecule has 1 aliphatic carbocycles. The molecule has 0 aromatic rings. The van der Waals surface area contributed by atoms with Gasteiger partial charge in [0.25, 0.3) is 10.1 Å². The maximum atomic E-state index is 11.0. The van der Waals surface area contributed by atoms with E-state index in [9.17, 15) is 8.42 Å². The summed E-state index contributed by atoms with van der Waals surface area (Å²) in [6, 6.07) is 0. The van der Waals surface area contributed by atoms with E-state index in [1.807, 2.05) is 6.92 Å². The van der Waals surface area contributed by atoms with Crippen LogP contribution in [0.3, 0.4) is 0 Å². The van der Waals surface area contributed by atoms with Crippen molar-refractivity contribution in [1.29, 1.82) is 0 Å². The van der Waals surface area contributed by atoms with Crippen LogP contribution in [-0.2, 0) is 14.3 Å². The Labute approximate surface area is 85.4 Å². The van der Waals surface area contributed by atoms with Gasteiger partial charge in [-0.1, -0.05) is 6.92 Å². The molecule has 0 radical (unpaired) electrons. The summed E-state index contributed by atoms with van der Waals surface area (Å²) in [5, 5.41) is 8.73. The third-order valence-corrected chi connectivity index (χ3v) is 3.13. The molecule has 0 spiro atoms. The Hall–Kier alpha value is -0.130. The van der Waals surface area contributed by atoms with E-state index in [1.54, 1.807) is 0 Å². The summed E-state index contributed by atoms with van der Waals surface area (Å²) >= 11 is 0. The standard InChI is InChI=1S/C9H18O4S/c1-8(3-6-10)7-9(4-5-9)13-14(2,11)12/h8,10H,3-7H2,1-2H3/t8-/m0/s1. The Kier molecular flexibility index (Phi) is 3.55. The van der Waals surface area contributed by atoms with Gasteiger partial charge in [0.15, 0.2) is 0 Å². The van der Waals surface area contributed by atoms with Gasteiger partial charge in [-0.25, -0.2) is 0 Å². The fourth-order valence-corrected chi connectivity index (χ4v) is 2.62. The van der Waals surface area contributed by atoms with Crippen molar-refractivity contribution >= 4 is 10.1 Å². The Morgan fingerprint density at radius 3 is 2.43 bits per heavy atom. The fourth-order valence-electron chi connectivity index (χ4n) is 1.74. The Balaban J connectivity index is 2.43. The summed E-state index contributed by atoms with van der Waals surface area (Å²) in [6.45, 7) is 2.15. The molecule has 1 N–H and O–H groups in total. The second kappa shape index (κ2) is 4.16. The van der Waals surface area contributed by atoms with Gasteiger partial charge < -0.3 is 5.11 Å². The molecule has 0 amide bonds. The molecular formula is C9H18O4S. The van der Waals surface area contributed by atoms with Crippen molar-refractivity contribution in [2.24, 2.45) is 5.92 Å². The van der Waals surface area contributed by atoms with Gasteiger partial charge in [0, 0.05) is 6.61 Å². The van der Waals surface area contributed by atoms with E-state index in [1.165, 1.54) is 0 Å². The monoisotopic (exact) mass is 222 g/mol. The molecule has 4 nitrogen and oxygen atoms in total. The van der Waals surface area contributed by atoms with Crippen LogP contribution in [0.1, 0.15) is 32.6 Å². The quantitative estimate of drug-likeness (QED) is 0.678. The Morgan fingerprint density at radius 1 is 1.50 bits per heavy atom. The van der Waals surface area contributed by atoms with Crippen LogP contribution in [0.2, 0.25) is 0 Å². The number of hydrogen-bond donors (Lipinski definition) is 1. The molecule has 0 bridgehead atoms. The molecule has 0 aliphatic heterocycles. The van der Waals surface area contributed by atoms with Crippen LogP contribution < -0.4 is 0 Å². The zero-order chi connectivity index (χ0) is 10.8. The lowest BCUT2D eigenvalue weighted by Crippen LogP contribution is -2.22. The van der Waals surface area contributed by atoms with Crippen molar-refractivity contribution in [3.05, 3.63) is 0 Å². The summed E-state index contributed by atoms with van der Waals surface area (Å²) in [5.74, 6) is 0.309. The molecule has 1 aliphatic rings. The van der Waals surface area contributed by atoms with Crippen LogP contribution in [0.15, 0.2) is 0 Å². The predicted molar refractivity (Wildman–Crippen MR) is 53.4 cm³/mol. The maximum Gasteiger partial charge on any atom is 0.264 e. The number of rotatable bonds is 6. The van der Waals surface area contributed by atoms with Gasteiger partial charge in [-0.2, -0.15) is 8.42 Å². The average molecular weight is 222 g/mol. The van der Waals surface area contributed by atoms with Gasteiger partial charge in [-0.15, -0.1) is 0 Å². The molecule has 84 valence electrons. The number of hydrogen-bond acceptors (Lipinski definition) is 4. The normalized spacial score (nSPS) is 21.9. The van der Waals surface area contributed by atoms with Crippen LogP contribution >= 0.6 is 0 Å². The van der Waals surface area contributed by atoms with E-state index >= 15 is 0 Å². The van der Waals surface area contributed by atoms with Crippen LogP contribution in [0.4, 0.5) is 0 Å². The first kappa shape index (κ1) is 11.9. The minimum Gasteiger partial charge on any atom is -0.396 e. The van der Waals surface area contributed by atoms with Gasteiger partial charge >= 0.3 is 0 Å². The third kappa shape index (κ3) is 3.94. The zero-order valence-electron chi connectivity index (χ0n) is 8.69. The topological polar surface area (TPSA) is 63.6 Å². The fraction of sp³-hybridized carbons (Fsp3) is 1.00. The molecule has 1 fully saturated rings. The Morgan fingerprint density at radius 2 is 2.07 bits per heavy atom. The number of aliphatic hydroxyl groups excluding tert-OH is 1. The first-order valence-electron chi connectivity index (χ1n) is 4.88. The van der Waals surface area contributed by atoms with E-state index in [-0.39, 0.29) is 6.61 Å². The molecule has 0 saturated heterocycles. The number of aliphatic hydroxyl groups is 1. The first-order valence-corrected chi connectivity index (χ1v) is 6.70. The van der Waals surface area contributed by atoms with Crippen molar-refractivity contribution in [3.8, 4) is 0 Å². The largest absolute Gasteiger partial charge is 0.396 e. The van der Waals surface area contributed by atoms with Gasteiger partial charge in [0.1, 0.15) is 0 Å². The highest BCUT2D eigenvalue weighted by molar-refractivity contribution is 7.86. The molecular weight excluding hydrogens is 204 g/mol. The van der Waals surface area contributed by atoms with Crippen molar-refractivity contribution in [1.82, 2.24) is 0 Å². The van der Waals surface area contributed by atoms with E-state index in [0.29, 0.717) is 12.3 Å². The highest BCUT2D eigenvalue weighted by Crippen LogP contribution is 2.46. The SMILES string of the molecule is C[C@@H](CCO)CC1(OS(C)(=O)=O)CC1. The van der Waals surface area contributed by atoms with Crippen LogP contribution in [-0.4, -0.2) is 32.0 Å². The summed E-state index contributed by atoms with van der Waals surface area (Å²) in [5.41, 5.74) is -0.442. The molecule has 14 heavy (non-hydrogen) atoms. The van der Waals surface area contributed by atoms with Gasteiger partial charge in [-0.05, 0) is 31.6 Å². The predicted octanol–water partition coefficient (Wildman–Crippen LogP) is 0.904. The molecule has 0 aromatic heterocycles. The summed E-state index contributed by atoms with van der Waals surface area (Å²) in [7, 11) is -3.34. The van der Waals surface area contributed by atoms with Crippen molar-refractivity contribution in [2.75, 3.05) is 12.9 Å².